The predicted molar refractivity (Wildman–Crippen MR) is 74.6 cm³/mol. The summed E-state index contributed by atoms with van der Waals surface area (Å²) >= 11 is 0. The van der Waals surface area contributed by atoms with E-state index in [1.54, 1.807) is 19.4 Å². The molecule has 0 aromatic carbocycles. The van der Waals surface area contributed by atoms with Crippen LogP contribution in [0, 0.1) is 5.41 Å². The zero-order chi connectivity index (χ0) is 13.9. The van der Waals surface area contributed by atoms with Crippen LogP contribution in [0.1, 0.15) is 12.1 Å². The molecule has 0 saturated heterocycles. The second kappa shape index (κ2) is 5.19. The molecule has 1 aromatic heterocycles. The lowest BCUT2D eigenvalue weighted by Crippen LogP contribution is -2.44. The predicted octanol–water partition coefficient (Wildman–Crippen LogP) is 0.579. The highest BCUT2D eigenvalue weighted by Crippen LogP contribution is 2.33. The average molecular weight is 259 g/mol. The minimum Gasteiger partial charge on any atom is -0.481 e. The monoisotopic (exact) mass is 259 g/mol. The van der Waals surface area contributed by atoms with Crippen molar-refractivity contribution in [2.75, 3.05) is 7.11 Å². The zero-order valence-corrected chi connectivity index (χ0v) is 10.7. The summed E-state index contributed by atoms with van der Waals surface area (Å²) in [6.07, 6.45) is 5.63. The molecular weight excluding hydrogens is 242 g/mol. The Labute approximate surface area is 111 Å². The van der Waals surface area contributed by atoms with Gasteiger partial charge in [0.05, 0.1) is 18.6 Å². The number of amidine groups is 1. The number of nitrogens with zero attached hydrogens (tertiary/aromatic N) is 2. The molecule has 2 atom stereocenters. The topological polar surface area (TPSA) is 110 Å². The third-order valence-electron chi connectivity index (χ3n) is 3.07. The fraction of sp³-hybridized carbons (Fsp3) is 0.308. The first-order valence-electron chi connectivity index (χ1n) is 5.91. The summed E-state index contributed by atoms with van der Waals surface area (Å²) in [5.41, 5.74) is 11.5. The van der Waals surface area contributed by atoms with Crippen LogP contribution >= 0.6 is 0 Å². The molecule has 6 nitrogen and oxygen atoms in total. The number of hydrogen-bond donors (Lipinski definition) is 3. The molecule has 1 aromatic rings. The van der Waals surface area contributed by atoms with Gasteiger partial charge in [0.1, 0.15) is 5.54 Å². The van der Waals surface area contributed by atoms with E-state index in [2.05, 4.69) is 9.98 Å². The van der Waals surface area contributed by atoms with Crippen molar-refractivity contribution in [1.29, 1.82) is 5.41 Å². The molecule has 0 amide bonds. The standard InChI is InChI=1S/C13H17N5O/c1-19-12-5-2-4-10(18-12)13(6-3-7-17-13)9(14)8-11(15)16/h2-7,9H,8,14H2,1H3,(H3,15,16). The summed E-state index contributed by atoms with van der Waals surface area (Å²) < 4.78 is 5.13. The fourth-order valence-corrected chi connectivity index (χ4v) is 2.10. The van der Waals surface area contributed by atoms with Gasteiger partial charge in [-0.3, -0.25) is 10.4 Å². The van der Waals surface area contributed by atoms with Gasteiger partial charge in [-0.05, 0) is 18.2 Å². The van der Waals surface area contributed by atoms with Crippen LogP contribution in [-0.4, -0.2) is 30.2 Å². The van der Waals surface area contributed by atoms with Gasteiger partial charge in [0.2, 0.25) is 5.88 Å². The number of pyridine rings is 1. The fourth-order valence-electron chi connectivity index (χ4n) is 2.10. The summed E-state index contributed by atoms with van der Waals surface area (Å²) in [5.74, 6) is 0.535. The lowest BCUT2D eigenvalue weighted by atomic mass is 9.85. The van der Waals surface area contributed by atoms with Gasteiger partial charge in [-0.25, -0.2) is 4.98 Å². The molecule has 5 N–H and O–H groups in total. The van der Waals surface area contributed by atoms with Crippen molar-refractivity contribution < 1.29 is 4.74 Å². The van der Waals surface area contributed by atoms with Crippen LogP contribution in [0.15, 0.2) is 35.3 Å². The van der Waals surface area contributed by atoms with Crippen molar-refractivity contribution in [2.45, 2.75) is 18.0 Å². The molecule has 0 saturated carbocycles. The van der Waals surface area contributed by atoms with E-state index in [1.807, 2.05) is 24.3 Å². The third-order valence-corrected chi connectivity index (χ3v) is 3.07. The maximum Gasteiger partial charge on any atom is 0.213 e. The normalized spacial score (nSPS) is 22.4. The minimum atomic E-state index is -0.778. The molecule has 0 spiro atoms. The SMILES string of the molecule is COc1cccc(C2(C(N)CC(=N)N)C=CC=N2)n1. The van der Waals surface area contributed by atoms with Crippen molar-refractivity contribution in [3.63, 3.8) is 0 Å². The molecular formula is C13H17N5O. The molecule has 19 heavy (non-hydrogen) atoms. The number of aromatic nitrogens is 1. The molecule has 0 bridgehead atoms. The van der Waals surface area contributed by atoms with E-state index in [0.717, 1.165) is 0 Å². The zero-order valence-electron chi connectivity index (χ0n) is 10.7. The second-order valence-corrected chi connectivity index (χ2v) is 4.36. The lowest BCUT2D eigenvalue weighted by molar-refractivity contribution is 0.384. The number of nitrogens with two attached hydrogens (primary N) is 2. The van der Waals surface area contributed by atoms with Gasteiger partial charge >= 0.3 is 0 Å². The van der Waals surface area contributed by atoms with Gasteiger partial charge in [-0.15, -0.1) is 0 Å². The van der Waals surface area contributed by atoms with Crippen LogP contribution in [0.4, 0.5) is 0 Å². The molecule has 1 aliphatic heterocycles. The van der Waals surface area contributed by atoms with E-state index in [4.69, 9.17) is 21.6 Å². The summed E-state index contributed by atoms with van der Waals surface area (Å²) in [7, 11) is 1.56. The van der Waals surface area contributed by atoms with Crippen molar-refractivity contribution in [1.82, 2.24) is 4.98 Å². The second-order valence-electron chi connectivity index (χ2n) is 4.36. The molecule has 2 rings (SSSR count). The number of rotatable bonds is 5. The first kappa shape index (κ1) is 13.2. The van der Waals surface area contributed by atoms with Gasteiger partial charge in [-0.1, -0.05) is 6.07 Å². The molecule has 2 heterocycles. The van der Waals surface area contributed by atoms with E-state index in [1.165, 1.54) is 0 Å². The first-order chi connectivity index (χ1) is 9.08. The van der Waals surface area contributed by atoms with Crippen LogP contribution < -0.4 is 16.2 Å². The Kier molecular flexibility index (Phi) is 3.62. The Morgan fingerprint density at radius 3 is 2.89 bits per heavy atom. The van der Waals surface area contributed by atoms with Crippen LogP contribution in [0.2, 0.25) is 0 Å². The van der Waals surface area contributed by atoms with Crippen LogP contribution in [0.3, 0.4) is 0 Å². The molecule has 1 aliphatic rings. The first-order valence-corrected chi connectivity index (χ1v) is 5.91. The quantitative estimate of drug-likeness (QED) is 0.530. The largest absolute Gasteiger partial charge is 0.481 e. The lowest BCUT2D eigenvalue weighted by Gasteiger charge is -2.30. The Morgan fingerprint density at radius 1 is 1.53 bits per heavy atom. The Morgan fingerprint density at radius 2 is 2.32 bits per heavy atom. The number of hydrogen-bond acceptors (Lipinski definition) is 5. The smallest absolute Gasteiger partial charge is 0.213 e. The molecule has 0 radical (unpaired) electrons. The summed E-state index contributed by atoms with van der Waals surface area (Å²) in [4.78, 5) is 8.83. The van der Waals surface area contributed by atoms with E-state index >= 15 is 0 Å². The highest BCUT2D eigenvalue weighted by Gasteiger charge is 2.39. The number of aliphatic imine (C=N–C) groups is 1. The number of methoxy groups -OCH3 is 1. The third kappa shape index (κ3) is 2.48. The number of allylic oxidation sites excluding steroid dienone is 1. The van der Waals surface area contributed by atoms with Crippen LogP contribution in [0.25, 0.3) is 0 Å². The minimum absolute atomic E-state index is 0.0327. The Hall–Kier alpha value is -2.21. The van der Waals surface area contributed by atoms with E-state index < -0.39 is 11.6 Å². The Balaban J connectivity index is 2.42. The van der Waals surface area contributed by atoms with Crippen molar-refractivity contribution >= 4 is 12.1 Å². The number of ether oxygens (including phenoxy) is 1. The maximum atomic E-state index is 7.39. The van der Waals surface area contributed by atoms with Gasteiger partial charge in [0.25, 0.3) is 0 Å². The average Bonchev–Trinajstić information content (AvgIpc) is 2.88. The molecule has 6 heteroatoms. The van der Waals surface area contributed by atoms with Crippen molar-refractivity contribution in [3.8, 4) is 5.88 Å². The highest BCUT2D eigenvalue weighted by molar-refractivity contribution is 5.79. The number of nitrogens with one attached hydrogen (secondary N) is 1. The van der Waals surface area contributed by atoms with E-state index in [-0.39, 0.29) is 12.3 Å². The van der Waals surface area contributed by atoms with Crippen molar-refractivity contribution in [2.24, 2.45) is 16.5 Å². The van der Waals surface area contributed by atoms with E-state index in [9.17, 15) is 0 Å². The summed E-state index contributed by atoms with van der Waals surface area (Å²) in [5, 5.41) is 7.39. The maximum absolute atomic E-state index is 7.39. The van der Waals surface area contributed by atoms with Gasteiger partial charge in [-0.2, -0.15) is 0 Å². The Bertz CT molecular complexity index is 526. The molecule has 2 unspecified atom stereocenters. The van der Waals surface area contributed by atoms with Crippen LogP contribution in [0.5, 0.6) is 5.88 Å². The van der Waals surface area contributed by atoms with E-state index in [0.29, 0.717) is 11.6 Å². The van der Waals surface area contributed by atoms with Gasteiger partial charge in [0.15, 0.2) is 0 Å². The van der Waals surface area contributed by atoms with Gasteiger partial charge < -0.3 is 16.2 Å². The van der Waals surface area contributed by atoms with Gasteiger partial charge in [0, 0.05) is 24.7 Å². The summed E-state index contributed by atoms with van der Waals surface area (Å²) in [6.45, 7) is 0. The molecule has 0 fully saturated rings. The molecule has 0 aliphatic carbocycles. The highest BCUT2D eigenvalue weighted by atomic mass is 16.5. The molecule has 100 valence electrons. The van der Waals surface area contributed by atoms with Crippen molar-refractivity contribution in [3.05, 3.63) is 36.0 Å². The summed E-state index contributed by atoms with van der Waals surface area (Å²) in [6, 6.07) is 5.00. The van der Waals surface area contributed by atoms with Crippen LogP contribution in [-0.2, 0) is 5.54 Å².